The Bertz CT molecular complexity index is 750. The van der Waals surface area contributed by atoms with E-state index in [1.54, 1.807) is 4.90 Å². The summed E-state index contributed by atoms with van der Waals surface area (Å²) in [5.41, 5.74) is 0.0644. The van der Waals surface area contributed by atoms with E-state index in [1.165, 1.54) is 11.3 Å². The first kappa shape index (κ1) is 20.6. The number of nitrogens with one attached hydrogen (secondary N) is 1. The van der Waals surface area contributed by atoms with Gasteiger partial charge in [0, 0.05) is 44.7 Å². The molecular weight excluding hydrogens is 392 g/mol. The van der Waals surface area contributed by atoms with Crippen molar-refractivity contribution in [2.24, 2.45) is 5.92 Å². The van der Waals surface area contributed by atoms with Crippen molar-refractivity contribution < 1.29 is 14.3 Å². The quantitative estimate of drug-likeness (QED) is 0.731. The fourth-order valence-electron chi connectivity index (χ4n) is 4.60. The maximum absolute atomic E-state index is 13.3. The molecule has 3 aliphatic rings. The minimum absolute atomic E-state index is 0.0480. The molecule has 0 aromatic carbocycles. The molecule has 0 aliphatic carbocycles. The van der Waals surface area contributed by atoms with E-state index >= 15 is 0 Å². The van der Waals surface area contributed by atoms with Crippen molar-refractivity contribution in [1.29, 1.82) is 0 Å². The zero-order valence-corrected chi connectivity index (χ0v) is 18.0. The lowest BCUT2D eigenvalue weighted by Gasteiger charge is -2.51. The average molecular weight is 423 g/mol. The Hall–Kier alpha value is -1.62. The molecule has 1 spiro atoms. The third-order valence-electron chi connectivity index (χ3n) is 6.44. The van der Waals surface area contributed by atoms with Crippen LogP contribution in [0.2, 0.25) is 0 Å². The van der Waals surface area contributed by atoms with Gasteiger partial charge in [0.2, 0.25) is 16.9 Å². The largest absolute Gasteiger partial charge is 0.374 e. The number of aromatic nitrogens is 2. The standard InChI is InChI=1S/C19H30N6O3S/c1-3-28-12-15-21-22-18(29-15)25-11-14(10-16(25)26)17(27)24-9-8-23(2)19(13-24)4-6-20-7-5-19/h14,20H,3-13H2,1-2H3. The third-order valence-corrected chi connectivity index (χ3v) is 7.36. The summed E-state index contributed by atoms with van der Waals surface area (Å²) < 4.78 is 5.36. The van der Waals surface area contributed by atoms with Crippen LogP contribution < -0.4 is 10.2 Å². The number of hydrogen-bond donors (Lipinski definition) is 1. The van der Waals surface area contributed by atoms with E-state index in [4.69, 9.17) is 4.74 Å². The van der Waals surface area contributed by atoms with Crippen molar-refractivity contribution in [2.75, 3.05) is 57.8 Å². The van der Waals surface area contributed by atoms with Crippen molar-refractivity contribution in [3.63, 3.8) is 0 Å². The highest BCUT2D eigenvalue weighted by Crippen LogP contribution is 2.33. The molecule has 1 unspecified atom stereocenters. The molecule has 1 N–H and O–H groups in total. The zero-order valence-electron chi connectivity index (χ0n) is 17.2. The van der Waals surface area contributed by atoms with Crippen molar-refractivity contribution in [1.82, 2.24) is 25.3 Å². The Kier molecular flexibility index (Phi) is 6.14. The van der Waals surface area contributed by atoms with Crippen LogP contribution in [-0.4, -0.2) is 90.3 Å². The Morgan fingerprint density at radius 2 is 2.10 bits per heavy atom. The number of likely N-dealkylation sites (N-methyl/N-ethyl adjacent to an activating group) is 1. The molecule has 3 fully saturated rings. The van der Waals surface area contributed by atoms with Crippen LogP contribution in [0.3, 0.4) is 0 Å². The predicted octanol–water partition coefficient (Wildman–Crippen LogP) is 0.324. The summed E-state index contributed by atoms with van der Waals surface area (Å²) in [5, 5.41) is 13.0. The summed E-state index contributed by atoms with van der Waals surface area (Å²) in [5.74, 6) is -0.247. The van der Waals surface area contributed by atoms with Gasteiger partial charge >= 0.3 is 0 Å². The second-order valence-corrected chi connectivity index (χ2v) is 9.22. The highest BCUT2D eigenvalue weighted by Gasteiger charge is 2.45. The maximum Gasteiger partial charge on any atom is 0.229 e. The Morgan fingerprint density at radius 1 is 1.31 bits per heavy atom. The summed E-state index contributed by atoms with van der Waals surface area (Å²) in [6.45, 7) is 7.67. The normalized spacial score (nSPS) is 25.2. The topological polar surface area (TPSA) is 90.9 Å². The van der Waals surface area contributed by atoms with E-state index in [0.717, 1.165) is 50.6 Å². The van der Waals surface area contributed by atoms with Gasteiger partial charge in [-0.05, 0) is 39.9 Å². The number of piperazine rings is 1. The lowest BCUT2D eigenvalue weighted by molar-refractivity contribution is -0.141. The summed E-state index contributed by atoms with van der Waals surface area (Å²) >= 11 is 1.36. The van der Waals surface area contributed by atoms with E-state index in [9.17, 15) is 9.59 Å². The van der Waals surface area contributed by atoms with Crippen LogP contribution in [0, 0.1) is 5.92 Å². The molecule has 160 valence electrons. The van der Waals surface area contributed by atoms with Gasteiger partial charge in [0.25, 0.3) is 0 Å². The molecule has 0 radical (unpaired) electrons. The third kappa shape index (κ3) is 4.16. The number of nitrogens with zero attached hydrogens (tertiary/aromatic N) is 5. The number of anilines is 1. The van der Waals surface area contributed by atoms with Gasteiger partial charge in [0.15, 0.2) is 0 Å². The number of carbonyl (C=O) groups excluding carboxylic acids is 2. The SMILES string of the molecule is CCOCc1nnc(N2CC(C(=O)N3CCN(C)C4(CCNCC4)C3)CC2=O)s1. The Morgan fingerprint density at radius 3 is 2.86 bits per heavy atom. The molecule has 1 aromatic rings. The van der Waals surface area contributed by atoms with Gasteiger partial charge in [-0.1, -0.05) is 11.3 Å². The minimum Gasteiger partial charge on any atom is -0.374 e. The number of amides is 2. The van der Waals surface area contributed by atoms with Crippen molar-refractivity contribution in [2.45, 2.75) is 38.3 Å². The van der Waals surface area contributed by atoms with Crippen LogP contribution in [-0.2, 0) is 20.9 Å². The van der Waals surface area contributed by atoms with Crippen LogP contribution in [0.25, 0.3) is 0 Å². The van der Waals surface area contributed by atoms with Crippen LogP contribution >= 0.6 is 11.3 Å². The first-order valence-electron chi connectivity index (χ1n) is 10.4. The summed E-state index contributed by atoms with van der Waals surface area (Å²) in [6.07, 6.45) is 2.35. The maximum atomic E-state index is 13.3. The lowest BCUT2D eigenvalue weighted by Crippen LogP contribution is -2.65. The first-order chi connectivity index (χ1) is 14.0. The number of ether oxygens (including phenoxy) is 1. The minimum atomic E-state index is -0.302. The van der Waals surface area contributed by atoms with Gasteiger partial charge in [-0.3, -0.25) is 19.4 Å². The van der Waals surface area contributed by atoms with Crippen LogP contribution in [0.4, 0.5) is 5.13 Å². The molecule has 0 bridgehead atoms. The molecule has 3 aliphatic heterocycles. The van der Waals surface area contributed by atoms with Crippen molar-refractivity contribution >= 4 is 28.3 Å². The number of carbonyl (C=O) groups is 2. The molecule has 4 rings (SSSR count). The van der Waals surface area contributed by atoms with Gasteiger partial charge in [-0.15, -0.1) is 10.2 Å². The fraction of sp³-hybridized carbons (Fsp3) is 0.789. The second-order valence-electron chi connectivity index (χ2n) is 8.18. The van der Waals surface area contributed by atoms with E-state index in [-0.39, 0.29) is 29.7 Å². The van der Waals surface area contributed by atoms with E-state index < -0.39 is 0 Å². The lowest BCUT2D eigenvalue weighted by atomic mass is 9.84. The van der Waals surface area contributed by atoms with Crippen molar-refractivity contribution in [3.05, 3.63) is 5.01 Å². The monoisotopic (exact) mass is 422 g/mol. The fourth-order valence-corrected chi connectivity index (χ4v) is 5.40. The highest BCUT2D eigenvalue weighted by atomic mass is 32.1. The molecule has 3 saturated heterocycles. The molecule has 4 heterocycles. The molecule has 9 nitrogen and oxygen atoms in total. The highest BCUT2D eigenvalue weighted by molar-refractivity contribution is 7.15. The smallest absolute Gasteiger partial charge is 0.229 e. The van der Waals surface area contributed by atoms with Gasteiger partial charge in [0.05, 0.1) is 5.92 Å². The Labute approximate surface area is 175 Å². The van der Waals surface area contributed by atoms with E-state index in [2.05, 4.69) is 27.5 Å². The average Bonchev–Trinajstić information content (AvgIpc) is 3.35. The van der Waals surface area contributed by atoms with Gasteiger partial charge in [-0.2, -0.15) is 0 Å². The van der Waals surface area contributed by atoms with E-state index in [0.29, 0.717) is 24.9 Å². The van der Waals surface area contributed by atoms with Crippen LogP contribution in [0.5, 0.6) is 0 Å². The molecular formula is C19H30N6O3S. The predicted molar refractivity (Wildman–Crippen MR) is 110 cm³/mol. The van der Waals surface area contributed by atoms with E-state index in [1.807, 2.05) is 11.8 Å². The number of piperidine rings is 1. The van der Waals surface area contributed by atoms with Gasteiger partial charge in [-0.25, -0.2) is 0 Å². The first-order valence-corrected chi connectivity index (χ1v) is 11.3. The second kappa shape index (κ2) is 8.63. The molecule has 10 heteroatoms. The summed E-state index contributed by atoms with van der Waals surface area (Å²) in [4.78, 5) is 31.9. The van der Waals surface area contributed by atoms with Gasteiger partial charge in [0.1, 0.15) is 11.6 Å². The van der Waals surface area contributed by atoms with Crippen molar-refractivity contribution in [3.8, 4) is 0 Å². The molecule has 29 heavy (non-hydrogen) atoms. The molecule has 1 atom stereocenters. The molecule has 1 aromatic heterocycles. The van der Waals surface area contributed by atoms with Crippen LogP contribution in [0.15, 0.2) is 0 Å². The molecule has 2 amide bonds. The van der Waals surface area contributed by atoms with Crippen LogP contribution in [0.1, 0.15) is 31.2 Å². The van der Waals surface area contributed by atoms with Gasteiger partial charge < -0.3 is 15.0 Å². The molecule has 0 saturated carbocycles. The zero-order chi connectivity index (χ0) is 20.4. The number of hydrogen-bond acceptors (Lipinski definition) is 8. The summed E-state index contributed by atoms with van der Waals surface area (Å²) in [6, 6.07) is 0. The summed E-state index contributed by atoms with van der Waals surface area (Å²) in [7, 11) is 2.17. The Balaban J connectivity index is 1.40. The number of rotatable bonds is 5.